The van der Waals surface area contributed by atoms with E-state index >= 15 is 0 Å². The van der Waals surface area contributed by atoms with Crippen molar-refractivity contribution >= 4 is 10.9 Å². The van der Waals surface area contributed by atoms with Crippen molar-refractivity contribution in [2.75, 3.05) is 7.11 Å². The average Bonchev–Trinajstić information content (AvgIpc) is 2.35. The van der Waals surface area contributed by atoms with Crippen molar-refractivity contribution in [2.24, 2.45) is 0 Å². The van der Waals surface area contributed by atoms with Gasteiger partial charge in [-0.15, -0.1) is 0 Å². The minimum absolute atomic E-state index is 0.0226. The zero-order chi connectivity index (χ0) is 14.9. The minimum atomic E-state index is -4.47. The molecule has 3 nitrogen and oxygen atoms in total. The number of hydrogen-bond acceptors (Lipinski definition) is 3. The highest BCUT2D eigenvalue weighted by Gasteiger charge is 2.33. The van der Waals surface area contributed by atoms with Crippen LogP contribution in [0.25, 0.3) is 10.9 Å². The van der Waals surface area contributed by atoms with Crippen LogP contribution in [0.2, 0.25) is 0 Å². The molecule has 0 amide bonds. The van der Waals surface area contributed by atoms with E-state index in [0.717, 1.165) is 6.07 Å². The van der Waals surface area contributed by atoms with Crippen LogP contribution in [0.15, 0.2) is 24.3 Å². The first-order valence-corrected chi connectivity index (χ1v) is 6.04. The van der Waals surface area contributed by atoms with Gasteiger partial charge in [0.25, 0.3) is 0 Å². The first kappa shape index (κ1) is 14.4. The molecule has 0 aliphatic carbocycles. The van der Waals surface area contributed by atoms with Crippen molar-refractivity contribution in [3.8, 4) is 11.6 Å². The summed E-state index contributed by atoms with van der Waals surface area (Å²) >= 11 is 0. The number of halogens is 3. The molecule has 1 aromatic heterocycles. The Kier molecular flexibility index (Phi) is 3.74. The summed E-state index contributed by atoms with van der Waals surface area (Å²) in [6.07, 6.45) is -4.73. The molecular formula is C14H14F3NO2. The standard InChI is InChI=1S/C14H14F3NO2/c1-8(2)20-13-7-11(14(15,16)17)10-5-4-9(19-3)6-12(10)18-13/h4-8H,1-3H3. The number of ether oxygens (including phenoxy) is 2. The number of aromatic nitrogens is 1. The smallest absolute Gasteiger partial charge is 0.417 e. The lowest BCUT2D eigenvalue weighted by Gasteiger charge is -2.15. The summed E-state index contributed by atoms with van der Waals surface area (Å²) in [5, 5.41) is 0.0226. The lowest BCUT2D eigenvalue weighted by molar-refractivity contribution is -0.136. The topological polar surface area (TPSA) is 31.4 Å². The number of fused-ring (bicyclic) bond motifs is 1. The maximum absolute atomic E-state index is 13.1. The summed E-state index contributed by atoms with van der Waals surface area (Å²) in [6.45, 7) is 3.45. The fraction of sp³-hybridized carbons (Fsp3) is 0.357. The molecule has 2 aromatic rings. The van der Waals surface area contributed by atoms with Gasteiger partial charge in [-0.3, -0.25) is 0 Å². The Morgan fingerprint density at radius 1 is 1.15 bits per heavy atom. The van der Waals surface area contributed by atoms with Gasteiger partial charge in [0.2, 0.25) is 5.88 Å². The predicted octanol–water partition coefficient (Wildman–Crippen LogP) is 4.05. The Balaban J connectivity index is 2.67. The van der Waals surface area contributed by atoms with E-state index in [9.17, 15) is 13.2 Å². The third-order valence-electron chi connectivity index (χ3n) is 2.66. The van der Waals surface area contributed by atoms with Crippen LogP contribution in [0.3, 0.4) is 0 Å². The lowest BCUT2D eigenvalue weighted by Crippen LogP contribution is -2.11. The van der Waals surface area contributed by atoms with Gasteiger partial charge in [-0.2, -0.15) is 13.2 Å². The molecule has 0 saturated carbocycles. The van der Waals surface area contributed by atoms with E-state index in [0.29, 0.717) is 5.75 Å². The van der Waals surface area contributed by atoms with Gasteiger partial charge in [-0.05, 0) is 26.0 Å². The van der Waals surface area contributed by atoms with Crippen LogP contribution in [0.1, 0.15) is 19.4 Å². The fourth-order valence-corrected chi connectivity index (χ4v) is 1.85. The molecule has 1 heterocycles. The summed E-state index contributed by atoms with van der Waals surface area (Å²) < 4.78 is 49.6. The number of methoxy groups -OCH3 is 1. The zero-order valence-electron chi connectivity index (χ0n) is 11.3. The van der Waals surface area contributed by atoms with Crippen molar-refractivity contribution in [1.29, 1.82) is 0 Å². The maximum atomic E-state index is 13.1. The molecule has 2 rings (SSSR count). The summed E-state index contributed by atoms with van der Waals surface area (Å²) in [4.78, 5) is 4.10. The number of hydrogen-bond donors (Lipinski definition) is 0. The van der Waals surface area contributed by atoms with Gasteiger partial charge >= 0.3 is 6.18 Å². The fourth-order valence-electron chi connectivity index (χ4n) is 1.85. The van der Waals surface area contributed by atoms with Crippen LogP contribution in [0.4, 0.5) is 13.2 Å². The average molecular weight is 285 g/mol. The van der Waals surface area contributed by atoms with Crippen LogP contribution in [0.5, 0.6) is 11.6 Å². The second-order valence-corrected chi connectivity index (χ2v) is 4.56. The summed E-state index contributed by atoms with van der Waals surface area (Å²) in [5.74, 6) is 0.396. The molecule has 0 radical (unpaired) electrons. The molecule has 6 heteroatoms. The van der Waals surface area contributed by atoms with Crippen LogP contribution < -0.4 is 9.47 Å². The highest BCUT2D eigenvalue weighted by molar-refractivity contribution is 5.84. The first-order valence-electron chi connectivity index (χ1n) is 6.04. The summed E-state index contributed by atoms with van der Waals surface area (Å²) in [7, 11) is 1.44. The molecular weight excluding hydrogens is 271 g/mol. The number of rotatable bonds is 3. The van der Waals surface area contributed by atoms with Gasteiger partial charge in [-0.1, -0.05) is 0 Å². The van der Waals surface area contributed by atoms with E-state index in [4.69, 9.17) is 9.47 Å². The van der Waals surface area contributed by atoms with Gasteiger partial charge in [0.05, 0.1) is 24.3 Å². The van der Waals surface area contributed by atoms with Crippen molar-refractivity contribution in [1.82, 2.24) is 4.98 Å². The monoisotopic (exact) mass is 285 g/mol. The van der Waals surface area contributed by atoms with E-state index in [1.807, 2.05) is 0 Å². The quantitative estimate of drug-likeness (QED) is 0.852. The largest absolute Gasteiger partial charge is 0.497 e. The molecule has 0 saturated heterocycles. The summed E-state index contributed by atoms with van der Waals surface area (Å²) in [6, 6.07) is 5.21. The molecule has 1 aromatic carbocycles. The molecule has 0 bridgehead atoms. The highest BCUT2D eigenvalue weighted by atomic mass is 19.4. The Bertz CT molecular complexity index is 624. The van der Waals surface area contributed by atoms with Gasteiger partial charge < -0.3 is 9.47 Å². The molecule has 0 N–H and O–H groups in total. The summed E-state index contributed by atoms with van der Waals surface area (Å²) in [5.41, 5.74) is -0.573. The molecule has 0 aliphatic heterocycles. The third kappa shape index (κ3) is 2.95. The van der Waals surface area contributed by atoms with Crippen molar-refractivity contribution in [3.63, 3.8) is 0 Å². The van der Waals surface area contributed by atoms with E-state index < -0.39 is 11.7 Å². The number of nitrogens with zero attached hydrogens (tertiary/aromatic N) is 1. The second-order valence-electron chi connectivity index (χ2n) is 4.56. The first-order chi connectivity index (χ1) is 9.31. The number of pyridine rings is 1. The van der Waals surface area contributed by atoms with Crippen LogP contribution >= 0.6 is 0 Å². The minimum Gasteiger partial charge on any atom is -0.497 e. The molecule has 20 heavy (non-hydrogen) atoms. The van der Waals surface area contributed by atoms with Crippen molar-refractivity contribution < 1.29 is 22.6 Å². The third-order valence-corrected chi connectivity index (χ3v) is 2.66. The number of alkyl halides is 3. The molecule has 0 atom stereocenters. The van der Waals surface area contributed by atoms with Gasteiger partial charge in [-0.25, -0.2) is 4.98 Å². The van der Waals surface area contributed by atoms with E-state index in [-0.39, 0.29) is 22.9 Å². The molecule has 0 spiro atoms. The van der Waals surface area contributed by atoms with Gasteiger partial charge in [0.1, 0.15) is 5.75 Å². The Labute approximate surface area is 114 Å². The zero-order valence-corrected chi connectivity index (χ0v) is 11.3. The van der Waals surface area contributed by atoms with Gasteiger partial charge in [0.15, 0.2) is 0 Å². The Morgan fingerprint density at radius 2 is 1.85 bits per heavy atom. The SMILES string of the molecule is COc1ccc2c(C(F)(F)F)cc(OC(C)C)nc2c1. The lowest BCUT2D eigenvalue weighted by atomic mass is 10.1. The van der Waals surface area contributed by atoms with Crippen LogP contribution in [-0.2, 0) is 6.18 Å². The van der Waals surface area contributed by atoms with Crippen molar-refractivity contribution in [2.45, 2.75) is 26.1 Å². The predicted molar refractivity (Wildman–Crippen MR) is 69.1 cm³/mol. The maximum Gasteiger partial charge on any atom is 0.417 e. The highest BCUT2D eigenvalue weighted by Crippen LogP contribution is 2.37. The van der Waals surface area contributed by atoms with Crippen LogP contribution in [0, 0.1) is 0 Å². The molecule has 0 aliphatic rings. The normalized spacial score (nSPS) is 11.9. The van der Waals surface area contributed by atoms with E-state index in [1.54, 1.807) is 13.8 Å². The second kappa shape index (κ2) is 5.19. The number of benzene rings is 1. The Morgan fingerprint density at radius 3 is 2.40 bits per heavy atom. The molecule has 108 valence electrons. The van der Waals surface area contributed by atoms with Gasteiger partial charge in [0, 0.05) is 17.5 Å². The molecule has 0 fully saturated rings. The van der Waals surface area contributed by atoms with Crippen LogP contribution in [-0.4, -0.2) is 18.2 Å². The van der Waals surface area contributed by atoms with E-state index in [2.05, 4.69) is 4.98 Å². The van der Waals surface area contributed by atoms with E-state index in [1.165, 1.54) is 25.3 Å². The van der Waals surface area contributed by atoms with Crippen molar-refractivity contribution in [3.05, 3.63) is 29.8 Å². The Hall–Kier alpha value is -1.98. The molecule has 0 unspecified atom stereocenters.